The number of hydrogen-bond acceptors (Lipinski definition) is 6. The average molecular weight is 450 g/mol. The summed E-state index contributed by atoms with van der Waals surface area (Å²) in [5.41, 5.74) is 1.20. The molecule has 0 fully saturated rings. The molecule has 3 N–H and O–H groups in total. The van der Waals surface area contributed by atoms with Gasteiger partial charge >= 0.3 is 0 Å². The average Bonchev–Trinajstić information content (AvgIpc) is 2.68. The molecule has 30 heavy (non-hydrogen) atoms. The van der Waals surface area contributed by atoms with E-state index in [9.17, 15) is 13.2 Å². The van der Waals surface area contributed by atoms with Crippen molar-refractivity contribution in [1.82, 2.24) is 4.98 Å². The molecule has 1 aromatic heterocycles. The van der Waals surface area contributed by atoms with Crippen LogP contribution in [0.2, 0.25) is 5.02 Å². The highest BCUT2D eigenvalue weighted by Gasteiger charge is 2.17. The van der Waals surface area contributed by atoms with Gasteiger partial charge in [0.1, 0.15) is 6.61 Å². The van der Waals surface area contributed by atoms with Crippen molar-refractivity contribution >= 4 is 44.1 Å². The fourth-order valence-corrected chi connectivity index (χ4v) is 3.79. The molecule has 2 aromatic carbocycles. The third-order valence-corrected chi connectivity index (χ3v) is 5.50. The Morgan fingerprint density at radius 3 is 2.63 bits per heavy atom. The molecule has 0 aliphatic rings. The van der Waals surface area contributed by atoms with E-state index < -0.39 is 10.0 Å². The number of sulfonamides is 1. The molecule has 0 atom stereocenters. The number of halogens is 1. The molecule has 0 aliphatic heterocycles. The Morgan fingerprint density at radius 1 is 1.17 bits per heavy atom. The number of rotatable bonds is 8. The van der Waals surface area contributed by atoms with Gasteiger partial charge in [-0.15, -0.1) is 0 Å². The summed E-state index contributed by atoms with van der Waals surface area (Å²) in [6, 6.07) is 12.9. The number of nitrogens with one attached hydrogen (secondary N) is 1. The van der Waals surface area contributed by atoms with Gasteiger partial charge in [-0.05, 0) is 29.8 Å². The highest BCUT2D eigenvalue weighted by Crippen LogP contribution is 2.28. The van der Waals surface area contributed by atoms with Crippen molar-refractivity contribution in [3.05, 3.63) is 59.1 Å². The van der Waals surface area contributed by atoms with Crippen molar-refractivity contribution in [2.24, 2.45) is 5.14 Å². The van der Waals surface area contributed by atoms with E-state index in [2.05, 4.69) is 10.3 Å². The van der Waals surface area contributed by atoms with Gasteiger partial charge in [-0.25, -0.2) is 18.5 Å². The second kappa shape index (κ2) is 9.40. The van der Waals surface area contributed by atoms with Gasteiger partial charge in [-0.1, -0.05) is 29.8 Å². The largest absolute Gasteiger partial charge is 0.475 e. The summed E-state index contributed by atoms with van der Waals surface area (Å²) in [4.78, 5) is 16.6. The zero-order chi connectivity index (χ0) is 21.7. The van der Waals surface area contributed by atoms with E-state index >= 15 is 0 Å². The van der Waals surface area contributed by atoms with Crippen LogP contribution >= 0.6 is 11.6 Å². The Balaban J connectivity index is 1.93. The lowest BCUT2D eigenvalue weighted by Gasteiger charge is -2.12. The van der Waals surface area contributed by atoms with Gasteiger partial charge in [0.2, 0.25) is 21.8 Å². The van der Waals surface area contributed by atoms with E-state index in [1.54, 1.807) is 49.6 Å². The molecule has 8 nitrogen and oxygen atoms in total. The lowest BCUT2D eigenvalue weighted by molar-refractivity contribution is -0.115. The number of fused-ring (bicyclic) bond motifs is 1. The molecule has 3 aromatic rings. The predicted octanol–water partition coefficient (Wildman–Crippen LogP) is 2.74. The number of anilines is 1. The number of ether oxygens (including phenoxy) is 2. The van der Waals surface area contributed by atoms with E-state index in [-0.39, 0.29) is 29.5 Å². The van der Waals surface area contributed by atoms with E-state index in [4.69, 9.17) is 26.2 Å². The first-order valence-corrected chi connectivity index (χ1v) is 10.8. The van der Waals surface area contributed by atoms with Crippen LogP contribution in [0.3, 0.4) is 0 Å². The van der Waals surface area contributed by atoms with Gasteiger partial charge in [-0.3, -0.25) is 4.79 Å². The van der Waals surface area contributed by atoms with Crippen LogP contribution in [-0.4, -0.2) is 39.6 Å². The Kier molecular flexibility index (Phi) is 6.88. The predicted molar refractivity (Wildman–Crippen MR) is 114 cm³/mol. The van der Waals surface area contributed by atoms with Crippen molar-refractivity contribution in [2.45, 2.75) is 11.3 Å². The number of benzene rings is 2. The highest BCUT2D eigenvalue weighted by atomic mass is 35.5. The molecule has 0 aliphatic carbocycles. The number of amides is 1. The molecular formula is C20H20ClN3O5S. The fraction of sp³-hybridized carbons (Fsp3) is 0.200. The molecule has 10 heteroatoms. The summed E-state index contributed by atoms with van der Waals surface area (Å²) >= 11 is 6.10. The van der Waals surface area contributed by atoms with Gasteiger partial charge in [0.15, 0.2) is 0 Å². The van der Waals surface area contributed by atoms with Crippen LogP contribution in [0.25, 0.3) is 10.9 Å². The van der Waals surface area contributed by atoms with Gasteiger partial charge in [0.05, 0.1) is 23.4 Å². The van der Waals surface area contributed by atoms with Crippen molar-refractivity contribution < 1.29 is 22.7 Å². The van der Waals surface area contributed by atoms with Crippen LogP contribution < -0.4 is 15.2 Å². The molecule has 0 saturated carbocycles. The summed E-state index contributed by atoms with van der Waals surface area (Å²) in [7, 11) is -2.51. The van der Waals surface area contributed by atoms with Crippen molar-refractivity contribution in [3.63, 3.8) is 0 Å². The minimum absolute atomic E-state index is 0.0238. The molecule has 0 spiro atoms. The number of pyridine rings is 1. The lowest BCUT2D eigenvalue weighted by Crippen LogP contribution is -2.17. The molecule has 0 saturated heterocycles. The smallest absolute Gasteiger partial charge is 0.238 e. The van der Waals surface area contributed by atoms with Gasteiger partial charge in [0, 0.05) is 29.3 Å². The molecule has 1 amide bonds. The second-order valence-electron chi connectivity index (χ2n) is 6.39. The molecular weight excluding hydrogens is 430 g/mol. The van der Waals surface area contributed by atoms with Crippen LogP contribution in [0.4, 0.5) is 5.69 Å². The summed E-state index contributed by atoms with van der Waals surface area (Å²) in [6.45, 7) is 0.658. The number of primary sulfonamides is 1. The van der Waals surface area contributed by atoms with Crippen LogP contribution in [0.15, 0.2) is 53.4 Å². The van der Waals surface area contributed by atoms with Crippen molar-refractivity contribution in [1.29, 1.82) is 0 Å². The number of aromatic nitrogens is 1. The van der Waals surface area contributed by atoms with Crippen LogP contribution in [0, 0.1) is 0 Å². The first-order valence-electron chi connectivity index (χ1n) is 8.90. The summed E-state index contributed by atoms with van der Waals surface area (Å²) < 4.78 is 34.6. The third kappa shape index (κ3) is 5.45. The molecule has 3 rings (SSSR count). The topological polar surface area (TPSA) is 121 Å². The molecule has 0 bridgehead atoms. The molecule has 158 valence electrons. The normalized spacial score (nSPS) is 11.4. The van der Waals surface area contributed by atoms with Crippen molar-refractivity contribution in [3.8, 4) is 5.88 Å². The van der Waals surface area contributed by atoms with Gasteiger partial charge in [0.25, 0.3) is 0 Å². The zero-order valence-corrected chi connectivity index (χ0v) is 17.7. The maximum Gasteiger partial charge on any atom is 0.238 e. The summed E-state index contributed by atoms with van der Waals surface area (Å²) in [6.07, 6.45) is 0.0238. The lowest BCUT2D eigenvalue weighted by atomic mass is 10.1. The van der Waals surface area contributed by atoms with Gasteiger partial charge in [-0.2, -0.15) is 0 Å². The Labute approximate surface area is 179 Å². The maximum absolute atomic E-state index is 12.5. The quantitative estimate of drug-likeness (QED) is 0.510. The van der Waals surface area contributed by atoms with Crippen LogP contribution in [0.1, 0.15) is 5.56 Å². The summed E-state index contributed by atoms with van der Waals surface area (Å²) in [5, 5.41) is 8.83. The van der Waals surface area contributed by atoms with E-state index in [0.29, 0.717) is 34.0 Å². The number of nitrogens with zero attached hydrogens (tertiary/aromatic N) is 1. The van der Waals surface area contributed by atoms with Crippen molar-refractivity contribution in [2.75, 3.05) is 25.6 Å². The Morgan fingerprint density at radius 2 is 1.93 bits per heavy atom. The number of methoxy groups -OCH3 is 1. The minimum Gasteiger partial charge on any atom is -0.475 e. The highest BCUT2D eigenvalue weighted by molar-refractivity contribution is 7.89. The maximum atomic E-state index is 12.5. The standard InChI is InChI=1S/C20H20ClN3O5S/c1-28-8-9-29-20-7-6-15-17(24-20)11-14(12-18(15)30(22,26)27)23-19(25)10-13-4-2-3-5-16(13)21/h2-7,11-12H,8-10H2,1H3,(H,23,25)(H2,22,26,27). The monoisotopic (exact) mass is 449 g/mol. The molecule has 0 radical (unpaired) electrons. The minimum atomic E-state index is -4.06. The van der Waals surface area contributed by atoms with E-state index in [1.807, 2.05) is 0 Å². The zero-order valence-electron chi connectivity index (χ0n) is 16.1. The number of nitrogens with two attached hydrogens (primary N) is 1. The number of carbonyl (C=O) groups excluding carboxylic acids is 1. The third-order valence-electron chi connectivity index (χ3n) is 4.18. The van der Waals surface area contributed by atoms with Crippen LogP contribution in [0.5, 0.6) is 5.88 Å². The van der Waals surface area contributed by atoms with Gasteiger partial charge < -0.3 is 14.8 Å². The SMILES string of the molecule is COCCOc1ccc2c(S(N)(=O)=O)cc(NC(=O)Cc3ccccc3Cl)cc2n1. The Hall–Kier alpha value is -2.72. The summed E-state index contributed by atoms with van der Waals surface area (Å²) in [5.74, 6) is -0.0743. The van der Waals surface area contributed by atoms with E-state index in [1.165, 1.54) is 6.07 Å². The number of hydrogen-bond donors (Lipinski definition) is 2. The molecule has 0 unspecified atom stereocenters. The number of carbonyl (C=O) groups is 1. The van der Waals surface area contributed by atoms with E-state index in [0.717, 1.165) is 0 Å². The first-order chi connectivity index (χ1) is 14.3. The second-order valence-corrected chi connectivity index (χ2v) is 8.33. The Bertz CT molecular complexity index is 1180. The first kappa shape index (κ1) is 22.0. The molecule has 1 heterocycles. The van der Waals surface area contributed by atoms with Crippen LogP contribution in [-0.2, 0) is 26.0 Å². The fourth-order valence-electron chi connectivity index (χ4n) is 2.82.